The maximum absolute atomic E-state index is 13.5. The van der Waals surface area contributed by atoms with Gasteiger partial charge in [-0.1, -0.05) is 35.0 Å². The summed E-state index contributed by atoms with van der Waals surface area (Å²) >= 11 is 6.68. The molecule has 0 radical (unpaired) electrons. The van der Waals surface area contributed by atoms with Crippen molar-refractivity contribution in [3.63, 3.8) is 0 Å². The molecule has 0 saturated heterocycles. The van der Waals surface area contributed by atoms with Crippen molar-refractivity contribution in [3.8, 4) is 0 Å². The molecule has 0 saturated carbocycles. The number of benzene rings is 2. The zero-order valence-corrected chi connectivity index (χ0v) is 14.6. The lowest BCUT2D eigenvalue weighted by Gasteiger charge is -2.20. The van der Waals surface area contributed by atoms with E-state index in [0.717, 1.165) is 22.1 Å². The fourth-order valence-electron chi connectivity index (χ4n) is 2.11. The number of nitrogens with one attached hydrogen (secondary N) is 1. The Bertz CT molecular complexity index is 596. The van der Waals surface area contributed by atoms with Gasteiger partial charge in [-0.15, -0.1) is 0 Å². The highest BCUT2D eigenvalue weighted by molar-refractivity contribution is 9.10. The van der Waals surface area contributed by atoms with Gasteiger partial charge in [0.1, 0.15) is 5.82 Å². The van der Waals surface area contributed by atoms with Gasteiger partial charge in [0.25, 0.3) is 0 Å². The van der Waals surface area contributed by atoms with Crippen LogP contribution in [0, 0.1) is 12.7 Å². The number of anilines is 1. The zero-order valence-electron chi connectivity index (χ0n) is 11.4. The fraction of sp³-hybridized carbons (Fsp3) is 0.250. The quantitative estimate of drug-likeness (QED) is 0.641. The molecule has 2 aromatic carbocycles. The Hall–Kier alpha value is -0.870. The van der Waals surface area contributed by atoms with Crippen molar-refractivity contribution in [1.82, 2.24) is 0 Å². The molecule has 0 aliphatic heterocycles. The highest BCUT2D eigenvalue weighted by Gasteiger charge is 2.12. The molecule has 0 aliphatic carbocycles. The maximum Gasteiger partial charge on any atom is 0.137 e. The van der Waals surface area contributed by atoms with Crippen LogP contribution < -0.4 is 5.32 Å². The van der Waals surface area contributed by atoms with Crippen LogP contribution in [0.1, 0.15) is 30.5 Å². The molecule has 0 aliphatic rings. The maximum atomic E-state index is 13.5. The van der Waals surface area contributed by atoms with Crippen molar-refractivity contribution in [1.29, 1.82) is 0 Å². The highest BCUT2D eigenvalue weighted by Crippen LogP contribution is 2.29. The summed E-state index contributed by atoms with van der Waals surface area (Å²) < 4.78 is 15.0. The Morgan fingerprint density at radius 3 is 2.40 bits per heavy atom. The molecule has 1 atom stereocenters. The van der Waals surface area contributed by atoms with Crippen LogP contribution in [0.15, 0.2) is 45.3 Å². The van der Waals surface area contributed by atoms with Gasteiger partial charge in [0, 0.05) is 10.2 Å². The minimum Gasteiger partial charge on any atom is -0.378 e. The number of rotatable bonds is 4. The minimum absolute atomic E-state index is 0.208. The van der Waals surface area contributed by atoms with E-state index in [1.807, 2.05) is 19.1 Å². The summed E-state index contributed by atoms with van der Waals surface area (Å²) in [6, 6.07) is 11.8. The molecule has 0 heterocycles. The molecule has 0 aromatic heterocycles. The molecule has 0 fully saturated rings. The molecule has 2 aromatic rings. The van der Waals surface area contributed by atoms with Crippen LogP contribution in [0.4, 0.5) is 10.1 Å². The van der Waals surface area contributed by atoms with Gasteiger partial charge in [0.15, 0.2) is 0 Å². The third kappa shape index (κ3) is 3.61. The Labute approximate surface area is 135 Å². The van der Waals surface area contributed by atoms with E-state index in [1.54, 1.807) is 12.1 Å². The molecule has 1 N–H and O–H groups in total. The first kappa shape index (κ1) is 15.5. The predicted molar refractivity (Wildman–Crippen MR) is 89.6 cm³/mol. The summed E-state index contributed by atoms with van der Waals surface area (Å²) in [4.78, 5) is 0. The summed E-state index contributed by atoms with van der Waals surface area (Å²) in [6.45, 7) is 4.04. The van der Waals surface area contributed by atoms with Crippen LogP contribution >= 0.6 is 31.9 Å². The van der Waals surface area contributed by atoms with E-state index in [1.165, 1.54) is 5.56 Å². The van der Waals surface area contributed by atoms with Crippen molar-refractivity contribution in [3.05, 3.63) is 62.3 Å². The second-order valence-corrected chi connectivity index (χ2v) is 6.51. The van der Waals surface area contributed by atoms with E-state index in [4.69, 9.17) is 0 Å². The Kier molecular flexibility index (Phi) is 5.22. The zero-order chi connectivity index (χ0) is 14.7. The molecule has 0 bridgehead atoms. The normalized spacial score (nSPS) is 12.2. The number of hydrogen-bond donors (Lipinski definition) is 1. The highest BCUT2D eigenvalue weighted by atomic mass is 79.9. The lowest BCUT2D eigenvalue weighted by atomic mass is 10.0. The first-order chi connectivity index (χ1) is 9.51. The summed E-state index contributed by atoms with van der Waals surface area (Å²) in [7, 11) is 0. The van der Waals surface area contributed by atoms with Crippen molar-refractivity contribution < 1.29 is 4.39 Å². The molecule has 4 heteroatoms. The van der Waals surface area contributed by atoms with Crippen LogP contribution in [0.3, 0.4) is 0 Å². The second kappa shape index (κ2) is 6.72. The third-order valence-electron chi connectivity index (χ3n) is 3.28. The van der Waals surface area contributed by atoms with E-state index in [0.29, 0.717) is 4.47 Å². The van der Waals surface area contributed by atoms with Gasteiger partial charge >= 0.3 is 0 Å². The van der Waals surface area contributed by atoms with Crippen LogP contribution in [0.5, 0.6) is 0 Å². The largest absolute Gasteiger partial charge is 0.378 e. The molecule has 0 spiro atoms. The molecule has 20 heavy (non-hydrogen) atoms. The van der Waals surface area contributed by atoms with Crippen LogP contribution in [0.2, 0.25) is 0 Å². The van der Waals surface area contributed by atoms with Gasteiger partial charge in [-0.05, 0) is 64.7 Å². The molecule has 0 amide bonds. The lowest BCUT2D eigenvalue weighted by Crippen LogP contribution is -2.10. The number of halogens is 3. The number of aryl methyl sites for hydroxylation is 1. The van der Waals surface area contributed by atoms with Crippen molar-refractivity contribution in [2.75, 3.05) is 5.32 Å². The van der Waals surface area contributed by atoms with Crippen LogP contribution in [-0.4, -0.2) is 0 Å². The van der Waals surface area contributed by atoms with Crippen molar-refractivity contribution >= 4 is 37.5 Å². The van der Waals surface area contributed by atoms with Gasteiger partial charge < -0.3 is 5.32 Å². The van der Waals surface area contributed by atoms with Crippen LogP contribution in [0.25, 0.3) is 0 Å². The average molecular weight is 401 g/mol. The summed E-state index contributed by atoms with van der Waals surface area (Å²) in [6.07, 6.45) is 0.954. The summed E-state index contributed by atoms with van der Waals surface area (Å²) in [5.41, 5.74) is 3.07. The monoisotopic (exact) mass is 399 g/mol. The Morgan fingerprint density at radius 2 is 1.80 bits per heavy atom. The van der Waals surface area contributed by atoms with Gasteiger partial charge in [-0.25, -0.2) is 4.39 Å². The molecule has 1 unspecified atom stereocenters. The third-order valence-corrected chi connectivity index (χ3v) is 4.41. The Morgan fingerprint density at radius 1 is 1.15 bits per heavy atom. The van der Waals surface area contributed by atoms with Crippen molar-refractivity contribution in [2.45, 2.75) is 26.3 Å². The lowest BCUT2D eigenvalue weighted by molar-refractivity contribution is 0.619. The first-order valence-corrected chi connectivity index (χ1v) is 8.07. The summed E-state index contributed by atoms with van der Waals surface area (Å²) in [5.74, 6) is -0.232. The standard InChI is InChI=1S/C16H16Br2FN/c1-3-15(11-4-6-12(17)7-5-11)20-16-9-13(18)14(19)8-10(16)2/h4-9,15,20H,3H2,1-2H3. The molecular formula is C16H16Br2FN. The van der Waals surface area contributed by atoms with Gasteiger partial charge in [0.2, 0.25) is 0 Å². The van der Waals surface area contributed by atoms with E-state index < -0.39 is 0 Å². The van der Waals surface area contributed by atoms with Crippen molar-refractivity contribution in [2.24, 2.45) is 0 Å². The van der Waals surface area contributed by atoms with E-state index >= 15 is 0 Å². The van der Waals surface area contributed by atoms with Crippen LogP contribution in [-0.2, 0) is 0 Å². The van der Waals surface area contributed by atoms with E-state index in [2.05, 4.69) is 56.2 Å². The smallest absolute Gasteiger partial charge is 0.137 e. The molecule has 1 nitrogen and oxygen atoms in total. The molecular weight excluding hydrogens is 385 g/mol. The average Bonchev–Trinajstić information content (AvgIpc) is 2.42. The second-order valence-electron chi connectivity index (χ2n) is 4.74. The minimum atomic E-state index is -0.232. The summed E-state index contributed by atoms with van der Waals surface area (Å²) in [5, 5.41) is 3.49. The van der Waals surface area contributed by atoms with E-state index in [9.17, 15) is 4.39 Å². The van der Waals surface area contributed by atoms with Gasteiger partial charge in [-0.3, -0.25) is 0 Å². The SMILES string of the molecule is CCC(Nc1cc(Br)c(F)cc1C)c1ccc(Br)cc1. The van der Waals surface area contributed by atoms with Gasteiger partial charge in [0.05, 0.1) is 10.5 Å². The Balaban J connectivity index is 2.26. The topological polar surface area (TPSA) is 12.0 Å². The molecule has 2 rings (SSSR count). The fourth-order valence-corrected chi connectivity index (χ4v) is 2.71. The molecule has 106 valence electrons. The first-order valence-electron chi connectivity index (χ1n) is 6.49. The van der Waals surface area contributed by atoms with E-state index in [-0.39, 0.29) is 11.9 Å². The predicted octanol–water partition coefficient (Wildman–Crippen LogP) is 6.22. The van der Waals surface area contributed by atoms with Gasteiger partial charge in [-0.2, -0.15) is 0 Å². The number of hydrogen-bond acceptors (Lipinski definition) is 1.